The first-order valence-electron chi connectivity index (χ1n) is 5.22. The topological polar surface area (TPSA) is 33.0 Å². The van der Waals surface area contributed by atoms with Gasteiger partial charge >= 0.3 is 47.8 Å². The fourth-order valence-electron chi connectivity index (χ4n) is 1.06. The average molecular weight is 423 g/mol. The molecule has 0 heterocycles. The fourth-order valence-corrected chi connectivity index (χ4v) is 1.06. The van der Waals surface area contributed by atoms with Crippen LogP contribution in [0.15, 0.2) is 12.1 Å². The largest absolute Gasteiger partial charge is 0.472 e. The summed E-state index contributed by atoms with van der Waals surface area (Å²) in [5.41, 5.74) is 0. The van der Waals surface area contributed by atoms with Crippen LogP contribution < -0.4 is 0 Å². The number of nitriles is 1. The number of hydrogen-bond donors (Lipinski definition) is 0. The van der Waals surface area contributed by atoms with Crippen LogP contribution in [0.4, 0.5) is 65.9 Å². The lowest BCUT2D eigenvalue weighted by Crippen LogP contribution is -2.70. The number of nitrogens with zero attached hydrogens (tertiary/aromatic N) is 1. The zero-order valence-corrected chi connectivity index (χ0v) is 11.0. The molecule has 0 spiro atoms. The molecule has 0 radical (unpaired) electrons. The summed E-state index contributed by atoms with van der Waals surface area (Å²) in [7, 11) is 0. The van der Waals surface area contributed by atoms with Gasteiger partial charge in [0.25, 0.3) is 0 Å². The number of alkyl halides is 12. The lowest BCUT2D eigenvalue weighted by Gasteiger charge is -2.39. The van der Waals surface area contributed by atoms with Crippen LogP contribution in [-0.4, -0.2) is 35.7 Å². The molecule has 0 amide bonds. The highest BCUT2D eigenvalue weighted by atomic mass is 19.4. The Morgan fingerprint density at radius 1 is 0.615 bits per heavy atom. The van der Waals surface area contributed by atoms with Crippen molar-refractivity contribution < 1.29 is 70.6 Å². The molecule has 0 aliphatic carbocycles. The van der Waals surface area contributed by atoms with Crippen LogP contribution in [-0.2, 0) is 4.74 Å². The summed E-state index contributed by atoms with van der Waals surface area (Å²) in [5, 5.41) is 7.54. The summed E-state index contributed by atoms with van der Waals surface area (Å²) in [6.45, 7) is 0. The van der Waals surface area contributed by atoms with Gasteiger partial charge in [0.2, 0.25) is 0 Å². The maximum atomic E-state index is 13.0. The van der Waals surface area contributed by atoms with Crippen molar-refractivity contribution in [1.82, 2.24) is 0 Å². The van der Waals surface area contributed by atoms with Crippen LogP contribution in [0.25, 0.3) is 0 Å². The van der Waals surface area contributed by atoms with E-state index in [-0.39, 0.29) is 0 Å². The molecular formula is C9F15NO. The van der Waals surface area contributed by atoms with E-state index in [1.54, 1.807) is 4.74 Å². The molecule has 0 N–H and O–H groups in total. The molecule has 2 nitrogen and oxygen atoms in total. The number of halogens is 15. The summed E-state index contributed by atoms with van der Waals surface area (Å²) in [6.07, 6.45) is -11.3. The monoisotopic (exact) mass is 423 g/mol. The number of hydrogen-bond acceptors (Lipinski definition) is 2. The first kappa shape index (κ1) is 24.0. The van der Waals surface area contributed by atoms with Gasteiger partial charge in [-0.05, 0) is 0 Å². The van der Waals surface area contributed by atoms with Crippen molar-refractivity contribution in [3.05, 3.63) is 12.1 Å². The Morgan fingerprint density at radius 3 is 1.27 bits per heavy atom. The first-order valence-corrected chi connectivity index (χ1v) is 5.22. The van der Waals surface area contributed by atoms with Gasteiger partial charge in [0, 0.05) is 0 Å². The maximum Gasteiger partial charge on any atom is 0.472 e. The molecule has 0 aliphatic heterocycles. The molecule has 17 heteroatoms. The van der Waals surface area contributed by atoms with Gasteiger partial charge in [0.1, 0.15) is 6.07 Å². The van der Waals surface area contributed by atoms with Gasteiger partial charge in [-0.15, -0.1) is 0 Å². The van der Waals surface area contributed by atoms with Crippen LogP contribution in [0.1, 0.15) is 0 Å². The van der Waals surface area contributed by atoms with Gasteiger partial charge in [-0.3, -0.25) is 0 Å². The third-order valence-corrected chi connectivity index (χ3v) is 2.45. The number of rotatable bonds is 7. The summed E-state index contributed by atoms with van der Waals surface area (Å²) >= 11 is 0. The summed E-state index contributed by atoms with van der Waals surface area (Å²) in [6, 6.07) is -4.91. The SMILES string of the molecule is N#CC(F)(F)C(F)(F)C(F)(F)C(F)(F)C(F)(F)C(F)(F)OC(F)=C(F)F. The standard InChI is InChI=1S/C9F15NO/c10-2(11)3(12)26-9(23,24)8(21,22)7(19,20)6(17,18)5(15,16)4(13,14)1-25. The molecule has 0 aromatic rings. The summed E-state index contributed by atoms with van der Waals surface area (Å²) in [4.78, 5) is 0. The van der Waals surface area contributed by atoms with Crippen LogP contribution >= 0.6 is 0 Å². The van der Waals surface area contributed by atoms with E-state index >= 15 is 0 Å². The molecule has 0 saturated heterocycles. The van der Waals surface area contributed by atoms with Gasteiger partial charge in [0.05, 0.1) is 0 Å². The molecular weight excluding hydrogens is 423 g/mol. The average Bonchev–Trinajstić information content (AvgIpc) is 2.45. The van der Waals surface area contributed by atoms with Crippen molar-refractivity contribution in [2.45, 2.75) is 35.7 Å². The Morgan fingerprint density at radius 2 is 0.962 bits per heavy atom. The van der Waals surface area contributed by atoms with Gasteiger partial charge in [-0.25, -0.2) is 0 Å². The predicted molar refractivity (Wildman–Crippen MR) is 46.7 cm³/mol. The zero-order chi connectivity index (χ0) is 21.6. The Labute approximate surface area is 131 Å². The van der Waals surface area contributed by atoms with Gasteiger partial charge in [-0.2, -0.15) is 71.1 Å². The summed E-state index contributed by atoms with van der Waals surface area (Å²) < 4.78 is 190. The summed E-state index contributed by atoms with van der Waals surface area (Å²) in [5.74, 6) is -38.6. The fraction of sp³-hybridized carbons (Fsp3) is 0.667. The van der Waals surface area contributed by atoms with Crippen molar-refractivity contribution in [1.29, 1.82) is 5.26 Å². The van der Waals surface area contributed by atoms with E-state index in [1.165, 1.54) is 0 Å². The highest BCUT2D eigenvalue weighted by molar-refractivity contribution is 5.15. The van der Waals surface area contributed by atoms with Gasteiger partial charge in [0.15, 0.2) is 0 Å². The minimum atomic E-state index is -8.17. The minimum absolute atomic E-state index is 0.930. The van der Waals surface area contributed by atoms with Crippen molar-refractivity contribution in [3.8, 4) is 6.07 Å². The van der Waals surface area contributed by atoms with Crippen LogP contribution in [0.3, 0.4) is 0 Å². The molecule has 0 rings (SSSR count). The third kappa shape index (κ3) is 3.20. The lowest BCUT2D eigenvalue weighted by atomic mass is 9.94. The van der Waals surface area contributed by atoms with E-state index in [0.717, 1.165) is 0 Å². The van der Waals surface area contributed by atoms with Crippen molar-refractivity contribution in [3.63, 3.8) is 0 Å². The number of ether oxygens (including phenoxy) is 1. The van der Waals surface area contributed by atoms with Gasteiger partial charge in [-0.1, -0.05) is 0 Å². The highest BCUT2D eigenvalue weighted by Crippen LogP contribution is 2.60. The van der Waals surface area contributed by atoms with Crippen LogP contribution in [0, 0.1) is 11.3 Å². The van der Waals surface area contributed by atoms with Crippen LogP contribution in [0.5, 0.6) is 0 Å². The zero-order valence-electron chi connectivity index (χ0n) is 11.0. The quantitative estimate of drug-likeness (QED) is 0.410. The molecule has 0 saturated carbocycles. The molecule has 26 heavy (non-hydrogen) atoms. The van der Waals surface area contributed by atoms with Crippen LogP contribution in [0.2, 0.25) is 0 Å². The van der Waals surface area contributed by atoms with E-state index in [9.17, 15) is 65.9 Å². The Hall–Kier alpha value is -2.02. The smallest absolute Gasteiger partial charge is 0.397 e. The lowest BCUT2D eigenvalue weighted by molar-refractivity contribution is -0.452. The Kier molecular flexibility index (Phi) is 5.81. The molecule has 0 aromatic heterocycles. The Bertz CT molecular complexity index is 611. The molecule has 0 bridgehead atoms. The van der Waals surface area contributed by atoms with E-state index in [0.29, 0.717) is 0 Å². The van der Waals surface area contributed by atoms with E-state index in [2.05, 4.69) is 0 Å². The van der Waals surface area contributed by atoms with E-state index < -0.39 is 53.9 Å². The van der Waals surface area contributed by atoms with Crippen molar-refractivity contribution >= 4 is 0 Å². The molecule has 152 valence electrons. The highest BCUT2D eigenvalue weighted by Gasteiger charge is 2.91. The van der Waals surface area contributed by atoms with Gasteiger partial charge < -0.3 is 4.74 Å². The first-order chi connectivity index (χ1) is 11.1. The Balaban J connectivity index is 6.37. The third-order valence-electron chi connectivity index (χ3n) is 2.45. The molecule has 0 aromatic carbocycles. The molecule has 0 atom stereocenters. The second-order valence-corrected chi connectivity index (χ2v) is 4.14. The van der Waals surface area contributed by atoms with Crippen molar-refractivity contribution in [2.24, 2.45) is 0 Å². The second kappa shape index (κ2) is 6.30. The van der Waals surface area contributed by atoms with E-state index in [4.69, 9.17) is 5.26 Å². The maximum absolute atomic E-state index is 13.0. The van der Waals surface area contributed by atoms with E-state index in [1.807, 2.05) is 0 Å². The predicted octanol–water partition coefficient (Wildman–Crippen LogP) is 5.33. The minimum Gasteiger partial charge on any atom is -0.397 e. The van der Waals surface area contributed by atoms with Crippen molar-refractivity contribution in [2.75, 3.05) is 0 Å². The molecule has 0 fully saturated rings. The second-order valence-electron chi connectivity index (χ2n) is 4.14. The normalized spacial score (nSPS) is 14.7. The molecule has 0 unspecified atom stereocenters. The molecule has 0 aliphatic rings.